The molecule has 146 valence electrons. The Kier molecular flexibility index (Phi) is 5.93. The van der Waals surface area contributed by atoms with E-state index < -0.39 is 10.0 Å². The number of anilines is 1. The Morgan fingerprint density at radius 3 is 2.74 bits per heavy atom. The molecule has 27 heavy (non-hydrogen) atoms. The number of nitrogens with one attached hydrogen (secondary N) is 1. The molecule has 1 aromatic carbocycles. The summed E-state index contributed by atoms with van der Waals surface area (Å²) in [5, 5.41) is 7.05. The molecule has 0 spiro atoms. The summed E-state index contributed by atoms with van der Waals surface area (Å²) in [5.74, 6) is 0.204. The van der Waals surface area contributed by atoms with E-state index in [1.54, 1.807) is 29.1 Å². The number of hydrogen-bond donors (Lipinski definition) is 1. The third-order valence-corrected chi connectivity index (χ3v) is 6.52. The van der Waals surface area contributed by atoms with E-state index in [9.17, 15) is 13.2 Å². The first-order valence-electron chi connectivity index (χ1n) is 8.96. The smallest absolute Gasteiger partial charge is 0.256 e. The molecule has 1 atom stereocenters. The second-order valence-electron chi connectivity index (χ2n) is 6.42. The normalized spacial score (nSPS) is 16.8. The predicted molar refractivity (Wildman–Crippen MR) is 101 cm³/mol. The SMILES string of the molecule is CC[C@H](C)n1nccc1NC(=O)c1cccc(S(=O)(=O)N2CCOCC2)c1. The molecular formula is C18H24N4O4S. The second-order valence-corrected chi connectivity index (χ2v) is 8.35. The van der Waals surface area contributed by atoms with Gasteiger partial charge in [0.15, 0.2) is 0 Å². The number of nitrogens with zero attached hydrogens (tertiary/aromatic N) is 3. The van der Waals surface area contributed by atoms with Crippen LogP contribution in [0.2, 0.25) is 0 Å². The van der Waals surface area contributed by atoms with Gasteiger partial charge in [-0.1, -0.05) is 13.0 Å². The van der Waals surface area contributed by atoms with Crippen LogP contribution in [-0.4, -0.2) is 54.7 Å². The zero-order valence-electron chi connectivity index (χ0n) is 15.5. The highest BCUT2D eigenvalue weighted by molar-refractivity contribution is 7.89. The molecule has 0 aliphatic carbocycles. The fourth-order valence-corrected chi connectivity index (χ4v) is 4.31. The Bertz CT molecular complexity index is 904. The summed E-state index contributed by atoms with van der Waals surface area (Å²) >= 11 is 0. The molecule has 8 nitrogen and oxygen atoms in total. The molecule has 1 fully saturated rings. The van der Waals surface area contributed by atoms with Gasteiger partial charge in [-0.05, 0) is 31.5 Å². The van der Waals surface area contributed by atoms with Gasteiger partial charge in [0.2, 0.25) is 10.0 Å². The van der Waals surface area contributed by atoms with E-state index in [-0.39, 0.29) is 22.4 Å². The van der Waals surface area contributed by atoms with Crippen LogP contribution >= 0.6 is 0 Å². The van der Waals surface area contributed by atoms with E-state index in [0.717, 1.165) is 6.42 Å². The van der Waals surface area contributed by atoms with Gasteiger partial charge in [-0.25, -0.2) is 13.1 Å². The van der Waals surface area contributed by atoms with Crippen molar-refractivity contribution in [3.63, 3.8) is 0 Å². The number of sulfonamides is 1. The van der Waals surface area contributed by atoms with Crippen molar-refractivity contribution < 1.29 is 17.9 Å². The van der Waals surface area contributed by atoms with Gasteiger partial charge in [-0.15, -0.1) is 0 Å². The van der Waals surface area contributed by atoms with Gasteiger partial charge in [0.25, 0.3) is 5.91 Å². The molecule has 3 rings (SSSR count). The number of carbonyl (C=O) groups excluding carboxylic acids is 1. The van der Waals surface area contributed by atoms with Gasteiger partial charge in [0.05, 0.1) is 30.3 Å². The highest BCUT2D eigenvalue weighted by Crippen LogP contribution is 2.20. The van der Waals surface area contributed by atoms with E-state index in [0.29, 0.717) is 32.1 Å². The van der Waals surface area contributed by atoms with Crippen molar-refractivity contribution in [2.45, 2.75) is 31.2 Å². The fourth-order valence-electron chi connectivity index (χ4n) is 2.86. The van der Waals surface area contributed by atoms with Crippen molar-refractivity contribution in [1.82, 2.24) is 14.1 Å². The number of aromatic nitrogens is 2. The lowest BCUT2D eigenvalue weighted by atomic mass is 10.2. The summed E-state index contributed by atoms with van der Waals surface area (Å²) in [6.45, 7) is 5.42. The number of morpholine rings is 1. The van der Waals surface area contributed by atoms with E-state index in [2.05, 4.69) is 10.4 Å². The summed E-state index contributed by atoms with van der Waals surface area (Å²) in [5.41, 5.74) is 0.279. The van der Waals surface area contributed by atoms with E-state index in [1.807, 2.05) is 13.8 Å². The third kappa shape index (κ3) is 4.20. The lowest BCUT2D eigenvalue weighted by Crippen LogP contribution is -2.40. The Balaban J connectivity index is 1.81. The first kappa shape index (κ1) is 19.5. The second kappa shape index (κ2) is 8.20. The fraction of sp³-hybridized carbons (Fsp3) is 0.444. The Morgan fingerprint density at radius 1 is 1.30 bits per heavy atom. The topological polar surface area (TPSA) is 93.5 Å². The van der Waals surface area contributed by atoms with Crippen LogP contribution in [0.4, 0.5) is 5.82 Å². The summed E-state index contributed by atoms with van der Waals surface area (Å²) in [6, 6.07) is 7.95. The predicted octanol–water partition coefficient (Wildman–Crippen LogP) is 2.13. The van der Waals surface area contributed by atoms with Crippen LogP contribution < -0.4 is 5.32 Å². The Morgan fingerprint density at radius 2 is 2.04 bits per heavy atom. The van der Waals surface area contributed by atoms with Crippen molar-refractivity contribution in [2.24, 2.45) is 0 Å². The average molecular weight is 392 g/mol. The van der Waals surface area contributed by atoms with Crippen LogP contribution in [0.3, 0.4) is 0 Å². The molecule has 9 heteroatoms. The minimum Gasteiger partial charge on any atom is -0.379 e. The van der Waals surface area contributed by atoms with Crippen molar-refractivity contribution in [3.05, 3.63) is 42.1 Å². The van der Waals surface area contributed by atoms with Gasteiger partial charge in [-0.3, -0.25) is 4.79 Å². The van der Waals surface area contributed by atoms with Crippen LogP contribution in [0.25, 0.3) is 0 Å². The first-order chi connectivity index (χ1) is 12.9. The quantitative estimate of drug-likeness (QED) is 0.813. The highest BCUT2D eigenvalue weighted by atomic mass is 32.2. The minimum absolute atomic E-state index is 0.104. The van der Waals surface area contributed by atoms with Crippen molar-refractivity contribution in [2.75, 3.05) is 31.6 Å². The van der Waals surface area contributed by atoms with Crippen LogP contribution in [0.1, 0.15) is 36.7 Å². The van der Waals surface area contributed by atoms with Gasteiger partial charge >= 0.3 is 0 Å². The maximum Gasteiger partial charge on any atom is 0.256 e. The van der Waals surface area contributed by atoms with Crippen molar-refractivity contribution in [1.29, 1.82) is 0 Å². The summed E-state index contributed by atoms with van der Waals surface area (Å²) in [4.78, 5) is 12.8. The van der Waals surface area contributed by atoms with E-state index >= 15 is 0 Å². The molecule has 2 aromatic rings. The van der Waals surface area contributed by atoms with Crippen LogP contribution in [0.15, 0.2) is 41.4 Å². The number of hydrogen-bond acceptors (Lipinski definition) is 5. The summed E-state index contributed by atoms with van der Waals surface area (Å²) in [6.07, 6.45) is 2.50. The molecular weight excluding hydrogens is 368 g/mol. The zero-order chi connectivity index (χ0) is 19.4. The molecule has 1 N–H and O–H groups in total. The monoisotopic (exact) mass is 392 g/mol. The third-order valence-electron chi connectivity index (χ3n) is 4.62. The summed E-state index contributed by atoms with van der Waals surface area (Å²) < 4.78 is 33.9. The molecule has 0 unspecified atom stereocenters. The minimum atomic E-state index is -3.65. The first-order valence-corrected chi connectivity index (χ1v) is 10.4. The van der Waals surface area contributed by atoms with Gasteiger partial charge in [-0.2, -0.15) is 9.40 Å². The van der Waals surface area contributed by atoms with Gasteiger partial charge < -0.3 is 10.1 Å². The van der Waals surface area contributed by atoms with Crippen LogP contribution in [0.5, 0.6) is 0 Å². The largest absolute Gasteiger partial charge is 0.379 e. The molecule has 1 aliphatic rings. The zero-order valence-corrected chi connectivity index (χ0v) is 16.3. The number of carbonyl (C=O) groups is 1. The maximum atomic E-state index is 12.8. The van der Waals surface area contributed by atoms with Crippen molar-refractivity contribution >= 4 is 21.7 Å². The average Bonchev–Trinajstić information content (AvgIpc) is 3.16. The molecule has 0 radical (unpaired) electrons. The molecule has 0 bridgehead atoms. The number of ether oxygens (including phenoxy) is 1. The van der Waals surface area contributed by atoms with Crippen molar-refractivity contribution in [3.8, 4) is 0 Å². The number of benzene rings is 1. The van der Waals surface area contributed by atoms with Crippen LogP contribution in [0, 0.1) is 0 Å². The number of amides is 1. The maximum absolute atomic E-state index is 12.8. The molecule has 1 amide bonds. The van der Waals surface area contributed by atoms with Crippen LogP contribution in [-0.2, 0) is 14.8 Å². The van der Waals surface area contributed by atoms with E-state index in [4.69, 9.17) is 4.74 Å². The summed E-state index contributed by atoms with van der Waals surface area (Å²) in [7, 11) is -3.65. The Hall–Kier alpha value is -2.23. The lowest BCUT2D eigenvalue weighted by Gasteiger charge is -2.26. The lowest BCUT2D eigenvalue weighted by molar-refractivity contribution is 0.0730. The molecule has 1 aliphatic heterocycles. The molecule has 0 saturated carbocycles. The molecule has 1 aromatic heterocycles. The van der Waals surface area contributed by atoms with E-state index in [1.165, 1.54) is 16.4 Å². The standard InChI is InChI=1S/C18H24N4O4S/c1-3-14(2)22-17(7-8-19-22)20-18(23)15-5-4-6-16(13-15)27(24,25)21-9-11-26-12-10-21/h4-8,13-14H,3,9-12H2,1-2H3,(H,20,23)/t14-/m0/s1. The van der Waals surface area contributed by atoms with Gasteiger partial charge in [0, 0.05) is 24.7 Å². The van der Waals surface area contributed by atoms with Gasteiger partial charge in [0.1, 0.15) is 5.82 Å². The molecule has 1 saturated heterocycles. The highest BCUT2D eigenvalue weighted by Gasteiger charge is 2.27. The number of rotatable bonds is 6. The Labute approximate surface area is 159 Å². The molecule has 2 heterocycles.